The zero-order valence-electron chi connectivity index (χ0n) is 11.5. The van der Waals surface area contributed by atoms with E-state index in [2.05, 4.69) is 10.4 Å². The van der Waals surface area contributed by atoms with E-state index in [1.807, 2.05) is 13.2 Å². The minimum atomic E-state index is -1.02. The molecule has 19 heavy (non-hydrogen) atoms. The van der Waals surface area contributed by atoms with Gasteiger partial charge in [0, 0.05) is 25.8 Å². The Hall–Kier alpha value is -2.05. The number of nitrogens with zero attached hydrogens (tertiary/aromatic N) is 3. The lowest BCUT2D eigenvalue weighted by Crippen LogP contribution is -2.46. The molecule has 1 heterocycles. The Balaban J connectivity index is 2.42. The average Bonchev–Trinajstić information content (AvgIpc) is 2.71. The van der Waals surface area contributed by atoms with Crippen molar-refractivity contribution < 1.29 is 14.7 Å². The summed E-state index contributed by atoms with van der Waals surface area (Å²) in [5.74, 6) is -1.02. The van der Waals surface area contributed by atoms with Crippen LogP contribution in [0.2, 0.25) is 0 Å². The molecule has 7 nitrogen and oxygen atoms in total. The zero-order chi connectivity index (χ0) is 14.4. The van der Waals surface area contributed by atoms with Crippen LogP contribution in [0.5, 0.6) is 0 Å². The molecule has 0 fully saturated rings. The molecule has 2 amide bonds. The van der Waals surface area contributed by atoms with Crippen molar-refractivity contribution in [1.29, 1.82) is 0 Å². The van der Waals surface area contributed by atoms with Gasteiger partial charge in [-0.1, -0.05) is 0 Å². The van der Waals surface area contributed by atoms with Crippen LogP contribution < -0.4 is 5.32 Å². The number of hydrogen-bond acceptors (Lipinski definition) is 3. The van der Waals surface area contributed by atoms with Gasteiger partial charge in [0.1, 0.15) is 6.54 Å². The van der Waals surface area contributed by atoms with E-state index in [0.717, 1.165) is 5.56 Å². The number of aromatic nitrogens is 2. The van der Waals surface area contributed by atoms with Crippen molar-refractivity contribution in [2.24, 2.45) is 7.05 Å². The Morgan fingerprint density at radius 3 is 2.68 bits per heavy atom. The summed E-state index contributed by atoms with van der Waals surface area (Å²) >= 11 is 0. The summed E-state index contributed by atoms with van der Waals surface area (Å²) in [6.07, 6.45) is 4.28. The Kier molecular flexibility index (Phi) is 5.35. The third-order valence-electron chi connectivity index (χ3n) is 2.64. The number of rotatable bonds is 6. The fourth-order valence-electron chi connectivity index (χ4n) is 1.65. The van der Waals surface area contributed by atoms with Crippen LogP contribution in [-0.2, 0) is 18.3 Å². The molecule has 0 aromatic carbocycles. The SMILES string of the molecule is CC(C)N(CC(=O)O)C(=O)NCCc1cnn(C)c1. The first-order valence-corrected chi connectivity index (χ1v) is 6.14. The van der Waals surface area contributed by atoms with Gasteiger partial charge in [-0.3, -0.25) is 9.48 Å². The summed E-state index contributed by atoms with van der Waals surface area (Å²) in [5, 5.41) is 15.5. The van der Waals surface area contributed by atoms with Crippen LogP contribution in [0.1, 0.15) is 19.4 Å². The van der Waals surface area contributed by atoms with E-state index in [9.17, 15) is 9.59 Å². The standard InChI is InChI=1S/C12H20N4O3/c1-9(2)16(8-11(17)18)12(19)13-5-4-10-6-14-15(3)7-10/h6-7,9H,4-5,8H2,1-3H3,(H,13,19)(H,17,18). The van der Waals surface area contributed by atoms with Crippen molar-refractivity contribution >= 4 is 12.0 Å². The molecular formula is C12H20N4O3. The highest BCUT2D eigenvalue weighted by molar-refractivity contribution is 5.80. The molecule has 0 bridgehead atoms. The fraction of sp³-hybridized carbons (Fsp3) is 0.583. The Bertz CT molecular complexity index is 442. The summed E-state index contributed by atoms with van der Waals surface area (Å²) in [4.78, 5) is 23.8. The van der Waals surface area contributed by atoms with E-state index >= 15 is 0 Å². The second kappa shape index (κ2) is 6.77. The average molecular weight is 268 g/mol. The number of hydrogen-bond donors (Lipinski definition) is 2. The molecule has 106 valence electrons. The Labute approximate surface area is 112 Å². The number of carboxylic acids is 1. The third kappa shape index (κ3) is 4.99. The molecule has 0 unspecified atom stereocenters. The van der Waals surface area contributed by atoms with Crippen LogP contribution in [0, 0.1) is 0 Å². The van der Waals surface area contributed by atoms with Crippen LogP contribution in [-0.4, -0.2) is 50.9 Å². The molecule has 1 rings (SSSR count). The summed E-state index contributed by atoms with van der Waals surface area (Å²) in [5.41, 5.74) is 1.03. The first kappa shape index (κ1) is 15.0. The van der Waals surface area contributed by atoms with Crippen LogP contribution in [0.15, 0.2) is 12.4 Å². The minimum Gasteiger partial charge on any atom is -0.480 e. The topological polar surface area (TPSA) is 87.5 Å². The Morgan fingerprint density at radius 2 is 2.21 bits per heavy atom. The molecule has 7 heteroatoms. The Morgan fingerprint density at radius 1 is 1.53 bits per heavy atom. The predicted octanol–water partition coefficient (Wildman–Crippen LogP) is 0.467. The number of carbonyl (C=O) groups is 2. The summed E-state index contributed by atoms with van der Waals surface area (Å²) in [6, 6.07) is -0.518. The first-order valence-electron chi connectivity index (χ1n) is 6.14. The van der Waals surface area contributed by atoms with E-state index in [1.165, 1.54) is 4.90 Å². The van der Waals surface area contributed by atoms with E-state index in [4.69, 9.17) is 5.11 Å². The third-order valence-corrected chi connectivity index (χ3v) is 2.64. The molecular weight excluding hydrogens is 248 g/mol. The maximum atomic E-state index is 11.8. The lowest BCUT2D eigenvalue weighted by molar-refractivity contribution is -0.138. The second-order valence-electron chi connectivity index (χ2n) is 4.62. The summed E-state index contributed by atoms with van der Waals surface area (Å²) in [6.45, 7) is 3.72. The van der Waals surface area contributed by atoms with Crippen LogP contribution in [0.25, 0.3) is 0 Å². The number of urea groups is 1. The first-order chi connectivity index (χ1) is 8.90. The van der Waals surface area contributed by atoms with Gasteiger partial charge in [0.2, 0.25) is 0 Å². The molecule has 0 aliphatic rings. The number of carbonyl (C=O) groups excluding carboxylic acids is 1. The van der Waals surface area contributed by atoms with Crippen LogP contribution in [0.3, 0.4) is 0 Å². The quantitative estimate of drug-likeness (QED) is 0.785. The normalized spacial score (nSPS) is 10.5. The minimum absolute atomic E-state index is 0.158. The van der Waals surface area contributed by atoms with Gasteiger partial charge in [0.15, 0.2) is 0 Å². The van der Waals surface area contributed by atoms with Gasteiger partial charge in [0.05, 0.1) is 6.20 Å². The molecule has 0 aliphatic heterocycles. The van der Waals surface area contributed by atoms with Crippen molar-refractivity contribution in [2.75, 3.05) is 13.1 Å². The highest BCUT2D eigenvalue weighted by Crippen LogP contribution is 2.00. The van der Waals surface area contributed by atoms with E-state index < -0.39 is 5.97 Å². The lowest BCUT2D eigenvalue weighted by Gasteiger charge is -2.25. The highest BCUT2D eigenvalue weighted by Gasteiger charge is 2.19. The monoisotopic (exact) mass is 268 g/mol. The summed E-state index contributed by atoms with van der Waals surface area (Å²) in [7, 11) is 1.83. The van der Waals surface area contributed by atoms with Gasteiger partial charge >= 0.3 is 12.0 Å². The molecule has 1 aromatic heterocycles. The molecule has 0 aliphatic carbocycles. The largest absolute Gasteiger partial charge is 0.480 e. The maximum absolute atomic E-state index is 11.8. The lowest BCUT2D eigenvalue weighted by atomic mass is 10.2. The molecule has 0 spiro atoms. The van der Waals surface area contributed by atoms with Crippen molar-refractivity contribution in [3.8, 4) is 0 Å². The van der Waals surface area contributed by atoms with Crippen molar-refractivity contribution in [3.63, 3.8) is 0 Å². The molecule has 2 N–H and O–H groups in total. The predicted molar refractivity (Wildman–Crippen MR) is 69.8 cm³/mol. The van der Waals surface area contributed by atoms with Crippen LogP contribution >= 0.6 is 0 Å². The molecule has 0 saturated carbocycles. The molecule has 0 atom stereocenters. The van der Waals surface area contributed by atoms with Gasteiger partial charge in [-0.05, 0) is 25.8 Å². The van der Waals surface area contributed by atoms with Crippen LogP contribution in [0.4, 0.5) is 4.79 Å². The molecule has 0 saturated heterocycles. The number of nitrogens with one attached hydrogen (secondary N) is 1. The number of aliphatic carboxylic acids is 1. The van der Waals surface area contributed by atoms with Gasteiger partial charge in [-0.2, -0.15) is 5.10 Å². The smallest absolute Gasteiger partial charge is 0.323 e. The van der Waals surface area contributed by atoms with Gasteiger partial charge < -0.3 is 15.3 Å². The van der Waals surface area contributed by atoms with Crippen molar-refractivity contribution in [3.05, 3.63) is 18.0 Å². The number of carboxylic acid groups (broad SMARTS) is 1. The number of amides is 2. The van der Waals surface area contributed by atoms with E-state index in [1.54, 1.807) is 24.7 Å². The number of aryl methyl sites for hydroxylation is 1. The maximum Gasteiger partial charge on any atom is 0.323 e. The zero-order valence-corrected chi connectivity index (χ0v) is 11.5. The van der Waals surface area contributed by atoms with E-state index in [0.29, 0.717) is 13.0 Å². The molecule has 1 aromatic rings. The van der Waals surface area contributed by atoms with Gasteiger partial charge in [-0.25, -0.2) is 4.79 Å². The van der Waals surface area contributed by atoms with Gasteiger partial charge in [-0.15, -0.1) is 0 Å². The highest BCUT2D eigenvalue weighted by atomic mass is 16.4. The van der Waals surface area contributed by atoms with Crippen molar-refractivity contribution in [2.45, 2.75) is 26.3 Å². The van der Waals surface area contributed by atoms with E-state index in [-0.39, 0.29) is 18.6 Å². The summed E-state index contributed by atoms with van der Waals surface area (Å²) < 4.78 is 1.70. The second-order valence-corrected chi connectivity index (χ2v) is 4.62. The molecule has 0 radical (unpaired) electrons. The van der Waals surface area contributed by atoms with Crippen molar-refractivity contribution in [1.82, 2.24) is 20.0 Å². The van der Waals surface area contributed by atoms with Gasteiger partial charge in [0.25, 0.3) is 0 Å². The fourth-order valence-corrected chi connectivity index (χ4v) is 1.65.